The molecule has 0 aliphatic carbocycles. The average molecular weight is 556 g/mol. The van der Waals surface area contributed by atoms with Crippen molar-refractivity contribution < 1.29 is 23.7 Å². The Morgan fingerprint density at radius 2 is 1.59 bits per heavy atom. The molecule has 5 rings (SSSR count). The molecule has 214 valence electrons. The van der Waals surface area contributed by atoms with Crippen LogP contribution >= 0.6 is 0 Å². The van der Waals surface area contributed by atoms with Crippen molar-refractivity contribution in [3.63, 3.8) is 0 Å². The van der Waals surface area contributed by atoms with E-state index in [2.05, 4.69) is 24.0 Å². The monoisotopic (exact) mass is 555 g/mol. The van der Waals surface area contributed by atoms with Crippen LogP contribution in [0.1, 0.15) is 53.5 Å². The van der Waals surface area contributed by atoms with Gasteiger partial charge in [-0.05, 0) is 54.2 Å². The van der Waals surface area contributed by atoms with Gasteiger partial charge in [-0.1, -0.05) is 56.3 Å². The molecule has 1 aromatic heterocycles. The minimum atomic E-state index is -0.356. The lowest BCUT2D eigenvalue weighted by Crippen LogP contribution is -2.31. The molecule has 8 nitrogen and oxygen atoms in total. The molecule has 1 amide bonds. The summed E-state index contributed by atoms with van der Waals surface area (Å²) in [5.41, 5.74) is 5.06. The Bertz CT molecular complexity index is 1500. The molecule has 41 heavy (non-hydrogen) atoms. The first-order valence-electron chi connectivity index (χ1n) is 13.9. The van der Waals surface area contributed by atoms with Gasteiger partial charge >= 0.3 is 0 Å². The number of carbonyl (C=O) groups is 1. The van der Waals surface area contributed by atoms with E-state index in [0.717, 1.165) is 34.4 Å². The number of amides is 1. The van der Waals surface area contributed by atoms with Gasteiger partial charge in [-0.25, -0.2) is 0 Å². The number of fused-ring (bicyclic) bond motifs is 1. The lowest BCUT2D eigenvalue weighted by molar-refractivity contribution is 0.0745. The van der Waals surface area contributed by atoms with Crippen LogP contribution in [0.2, 0.25) is 0 Å². The summed E-state index contributed by atoms with van der Waals surface area (Å²) in [6.45, 7) is 5.44. The number of benzene rings is 3. The van der Waals surface area contributed by atoms with Gasteiger partial charge in [-0.15, -0.1) is 0 Å². The van der Waals surface area contributed by atoms with E-state index in [1.54, 1.807) is 21.3 Å². The van der Waals surface area contributed by atoms with Crippen LogP contribution in [0.15, 0.2) is 66.7 Å². The van der Waals surface area contributed by atoms with Gasteiger partial charge in [0, 0.05) is 17.7 Å². The van der Waals surface area contributed by atoms with E-state index in [0.29, 0.717) is 54.2 Å². The third-order valence-electron chi connectivity index (χ3n) is 7.46. The maximum Gasteiger partial charge on any atom is 0.273 e. The minimum absolute atomic E-state index is 0.0867. The molecule has 0 bridgehead atoms. The molecule has 0 saturated carbocycles. The first-order chi connectivity index (χ1) is 19.9. The Labute approximate surface area is 241 Å². The third-order valence-corrected chi connectivity index (χ3v) is 7.46. The number of aromatic nitrogens is 2. The van der Waals surface area contributed by atoms with Crippen LogP contribution in [0, 0.1) is 5.92 Å². The summed E-state index contributed by atoms with van der Waals surface area (Å²) in [7, 11) is 4.88. The molecular weight excluding hydrogens is 518 g/mol. The van der Waals surface area contributed by atoms with Gasteiger partial charge in [0.2, 0.25) is 0 Å². The molecule has 1 unspecified atom stereocenters. The van der Waals surface area contributed by atoms with Crippen LogP contribution in [-0.4, -0.2) is 55.5 Å². The van der Waals surface area contributed by atoms with Crippen LogP contribution in [0.3, 0.4) is 0 Å². The maximum atomic E-state index is 13.9. The Kier molecular flexibility index (Phi) is 8.47. The smallest absolute Gasteiger partial charge is 0.273 e. The molecule has 8 heteroatoms. The predicted molar refractivity (Wildman–Crippen MR) is 158 cm³/mol. The average Bonchev–Trinajstić information content (AvgIpc) is 3.54. The number of ether oxygens (including phenoxy) is 4. The highest BCUT2D eigenvalue weighted by Crippen LogP contribution is 2.44. The fraction of sp³-hybridized carbons (Fsp3) is 0.333. The van der Waals surface area contributed by atoms with Gasteiger partial charge in [0.1, 0.15) is 5.69 Å². The molecule has 3 aromatic carbocycles. The molecule has 0 fully saturated rings. The Hall–Kier alpha value is -4.46. The standard InChI is InChI=1S/C33H37N3O5/c1-21(2)16-18-41-26-14-12-24(20-28(26)40-5)32-29-30(23-9-7-6-8-10-23)34-35-31(29)33(37)36(32)17-15-22-11-13-25(38-3)27(19-22)39-4/h6-14,19-21,32H,15-18H2,1-5H3,(H,34,35). The van der Waals surface area contributed by atoms with E-state index in [9.17, 15) is 4.79 Å². The minimum Gasteiger partial charge on any atom is -0.493 e. The second kappa shape index (κ2) is 12.4. The first kappa shape index (κ1) is 28.1. The summed E-state index contributed by atoms with van der Waals surface area (Å²) in [6.07, 6.45) is 1.58. The normalized spacial score (nSPS) is 14.3. The van der Waals surface area contributed by atoms with Crippen molar-refractivity contribution >= 4 is 5.91 Å². The van der Waals surface area contributed by atoms with E-state index in [4.69, 9.17) is 18.9 Å². The predicted octanol–water partition coefficient (Wildman–Crippen LogP) is 6.32. The van der Waals surface area contributed by atoms with Crippen molar-refractivity contribution in [3.8, 4) is 34.3 Å². The van der Waals surface area contributed by atoms with Crippen LogP contribution in [0.25, 0.3) is 11.3 Å². The number of nitrogens with zero attached hydrogens (tertiary/aromatic N) is 2. The number of rotatable bonds is 12. The summed E-state index contributed by atoms with van der Waals surface area (Å²) in [5, 5.41) is 7.63. The summed E-state index contributed by atoms with van der Waals surface area (Å²) in [5.74, 6) is 3.11. The second-order valence-corrected chi connectivity index (χ2v) is 10.5. The lowest BCUT2D eigenvalue weighted by Gasteiger charge is -2.27. The zero-order chi connectivity index (χ0) is 28.9. The van der Waals surface area contributed by atoms with Gasteiger partial charge in [0.25, 0.3) is 5.91 Å². The fourth-order valence-electron chi connectivity index (χ4n) is 5.25. The van der Waals surface area contributed by atoms with Crippen molar-refractivity contribution in [2.24, 2.45) is 5.92 Å². The van der Waals surface area contributed by atoms with Gasteiger partial charge < -0.3 is 23.8 Å². The van der Waals surface area contributed by atoms with Gasteiger partial charge in [0.15, 0.2) is 23.0 Å². The van der Waals surface area contributed by atoms with Gasteiger partial charge in [-0.2, -0.15) is 5.10 Å². The molecule has 0 spiro atoms. The van der Waals surface area contributed by atoms with Crippen LogP contribution in [0.4, 0.5) is 0 Å². The highest BCUT2D eigenvalue weighted by Gasteiger charge is 2.42. The van der Waals surface area contributed by atoms with Crippen LogP contribution in [0.5, 0.6) is 23.0 Å². The number of carbonyl (C=O) groups excluding carboxylic acids is 1. The first-order valence-corrected chi connectivity index (χ1v) is 13.9. The van der Waals surface area contributed by atoms with Crippen LogP contribution in [-0.2, 0) is 6.42 Å². The molecule has 0 saturated heterocycles. The molecule has 1 atom stereocenters. The Balaban J connectivity index is 1.51. The van der Waals surface area contributed by atoms with Crippen molar-refractivity contribution in [1.82, 2.24) is 15.1 Å². The van der Waals surface area contributed by atoms with E-state index < -0.39 is 0 Å². The second-order valence-electron chi connectivity index (χ2n) is 10.5. The zero-order valence-electron chi connectivity index (χ0n) is 24.3. The summed E-state index contributed by atoms with van der Waals surface area (Å²) in [4.78, 5) is 15.8. The highest BCUT2D eigenvalue weighted by atomic mass is 16.5. The van der Waals surface area contributed by atoms with Crippen molar-refractivity contribution in [2.45, 2.75) is 32.7 Å². The number of hydrogen-bond donors (Lipinski definition) is 1. The lowest BCUT2D eigenvalue weighted by atomic mass is 9.95. The van der Waals surface area contributed by atoms with E-state index in [1.165, 1.54) is 0 Å². The zero-order valence-corrected chi connectivity index (χ0v) is 24.3. The summed E-state index contributed by atoms with van der Waals surface area (Å²) < 4.78 is 22.7. The number of methoxy groups -OCH3 is 3. The van der Waals surface area contributed by atoms with E-state index in [-0.39, 0.29) is 11.9 Å². The molecule has 1 aliphatic rings. The summed E-state index contributed by atoms with van der Waals surface area (Å²) in [6, 6.07) is 21.4. The van der Waals surface area contributed by atoms with E-state index in [1.807, 2.05) is 71.6 Å². The number of H-pyrrole nitrogens is 1. The number of aromatic amines is 1. The SMILES string of the molecule is COc1ccc(CCN2C(=O)c3[nH]nc(-c4ccccc4)c3C2c2ccc(OCCC(C)C)c(OC)c2)cc1OC. The Morgan fingerprint density at radius 3 is 2.29 bits per heavy atom. The van der Waals surface area contributed by atoms with Crippen molar-refractivity contribution in [1.29, 1.82) is 0 Å². The van der Waals surface area contributed by atoms with Crippen LogP contribution < -0.4 is 18.9 Å². The van der Waals surface area contributed by atoms with Crippen molar-refractivity contribution in [3.05, 3.63) is 89.1 Å². The van der Waals surface area contributed by atoms with Crippen molar-refractivity contribution in [2.75, 3.05) is 34.5 Å². The largest absolute Gasteiger partial charge is 0.493 e. The topological polar surface area (TPSA) is 85.9 Å². The highest BCUT2D eigenvalue weighted by molar-refractivity contribution is 6.00. The van der Waals surface area contributed by atoms with Gasteiger partial charge in [0.05, 0.1) is 39.7 Å². The fourth-order valence-corrected chi connectivity index (χ4v) is 5.25. The number of nitrogens with one attached hydrogen (secondary N) is 1. The molecule has 4 aromatic rings. The quantitative estimate of drug-likeness (QED) is 0.220. The summed E-state index contributed by atoms with van der Waals surface area (Å²) >= 11 is 0. The molecule has 1 aliphatic heterocycles. The molecule has 0 radical (unpaired) electrons. The van der Waals surface area contributed by atoms with Gasteiger partial charge in [-0.3, -0.25) is 9.89 Å². The maximum absolute atomic E-state index is 13.9. The molecular formula is C33H37N3O5. The third kappa shape index (κ3) is 5.73. The molecule has 2 heterocycles. The Morgan fingerprint density at radius 1 is 0.878 bits per heavy atom. The number of hydrogen-bond acceptors (Lipinski definition) is 6. The molecule has 1 N–H and O–H groups in total. The van der Waals surface area contributed by atoms with E-state index >= 15 is 0 Å².